The van der Waals surface area contributed by atoms with E-state index in [4.69, 9.17) is 5.11 Å². The van der Waals surface area contributed by atoms with Gasteiger partial charge >= 0.3 is 12.1 Å². The zero-order valence-electron chi connectivity index (χ0n) is 8.83. The number of thioether (sulfide) groups is 1. The number of amides is 1. The van der Waals surface area contributed by atoms with E-state index in [0.29, 0.717) is 11.8 Å². The van der Waals surface area contributed by atoms with E-state index in [-0.39, 0.29) is 0 Å². The van der Waals surface area contributed by atoms with Crippen LogP contribution in [-0.2, 0) is 4.79 Å². The third-order valence-electron chi connectivity index (χ3n) is 2.46. The molecule has 1 amide bonds. The molecule has 0 saturated carbocycles. The van der Waals surface area contributed by atoms with Gasteiger partial charge in [-0.15, -0.1) is 11.8 Å². The van der Waals surface area contributed by atoms with E-state index in [1.54, 1.807) is 0 Å². The lowest BCUT2D eigenvalue weighted by Gasteiger charge is -2.39. The fraction of sp³-hybridized carbons (Fsp3) is 0.875. The minimum absolute atomic E-state index is 0.570. The van der Waals surface area contributed by atoms with Crippen LogP contribution in [0.3, 0.4) is 0 Å². The minimum Gasteiger partial charge on any atom is -0.395 e. The van der Waals surface area contributed by atoms with Crippen LogP contribution in [0.4, 0.5) is 13.2 Å². The first-order valence-corrected chi connectivity index (χ1v) is 5.81. The van der Waals surface area contributed by atoms with Crippen molar-refractivity contribution in [2.24, 2.45) is 0 Å². The molecule has 106 valence electrons. The number of alkyl halides is 3. The zero-order chi connectivity index (χ0) is 14.1. The maximum atomic E-state index is 12.0. The summed E-state index contributed by atoms with van der Waals surface area (Å²) in [7, 11) is 0. The summed E-state index contributed by atoms with van der Waals surface area (Å²) in [5, 5.41) is 37.7. The lowest BCUT2D eigenvalue weighted by Crippen LogP contribution is -2.62. The van der Waals surface area contributed by atoms with Crippen molar-refractivity contribution in [3.63, 3.8) is 0 Å². The second-order valence-electron chi connectivity index (χ2n) is 3.73. The van der Waals surface area contributed by atoms with Gasteiger partial charge in [0.25, 0.3) is 0 Å². The Kier molecular flexibility index (Phi) is 4.84. The lowest BCUT2D eigenvalue weighted by molar-refractivity contribution is -0.176. The van der Waals surface area contributed by atoms with Crippen LogP contribution in [0.25, 0.3) is 0 Å². The lowest BCUT2D eigenvalue weighted by atomic mass is 10.0. The van der Waals surface area contributed by atoms with Gasteiger partial charge in [-0.05, 0) is 0 Å². The summed E-state index contributed by atoms with van der Waals surface area (Å²) in [6, 6.07) is -1.66. The highest BCUT2D eigenvalue weighted by Gasteiger charge is 2.47. The molecule has 0 aromatic heterocycles. The van der Waals surface area contributed by atoms with E-state index in [0.717, 1.165) is 0 Å². The van der Waals surface area contributed by atoms with Crippen molar-refractivity contribution in [3.05, 3.63) is 0 Å². The number of aliphatic hydroxyl groups is 4. The Hall–Kier alpha value is -0.550. The molecule has 0 aromatic carbocycles. The first kappa shape index (κ1) is 15.5. The van der Waals surface area contributed by atoms with Gasteiger partial charge in [0, 0.05) is 0 Å². The molecule has 18 heavy (non-hydrogen) atoms. The predicted octanol–water partition coefficient (Wildman–Crippen LogP) is -1.82. The molecule has 2 unspecified atom stereocenters. The molecule has 1 saturated heterocycles. The van der Waals surface area contributed by atoms with Gasteiger partial charge in [0.05, 0.1) is 24.0 Å². The Morgan fingerprint density at radius 3 is 2.22 bits per heavy atom. The fourth-order valence-corrected chi connectivity index (χ4v) is 2.65. The second kappa shape index (κ2) is 5.61. The molecule has 5 N–H and O–H groups in total. The summed E-state index contributed by atoms with van der Waals surface area (Å²) < 4.78 is 36.0. The first-order valence-electron chi connectivity index (χ1n) is 4.86. The molecular formula is C8H12F3NO5S. The number of hydrogen-bond donors (Lipinski definition) is 5. The molecule has 0 bridgehead atoms. The van der Waals surface area contributed by atoms with E-state index in [2.05, 4.69) is 0 Å². The number of nitrogens with one attached hydrogen (secondary N) is 1. The second-order valence-corrected chi connectivity index (χ2v) is 5.09. The molecule has 1 fully saturated rings. The van der Waals surface area contributed by atoms with Crippen LogP contribution >= 0.6 is 11.8 Å². The zero-order valence-corrected chi connectivity index (χ0v) is 9.65. The van der Waals surface area contributed by atoms with Crippen LogP contribution in [0, 0.1) is 0 Å². The Bertz CT molecular complexity index is 316. The number of carbonyl (C=O) groups excluding carboxylic acids is 1. The molecule has 5 atom stereocenters. The Morgan fingerprint density at radius 2 is 1.78 bits per heavy atom. The topological polar surface area (TPSA) is 110 Å². The maximum Gasteiger partial charge on any atom is 0.471 e. The molecule has 1 aliphatic heterocycles. The largest absolute Gasteiger partial charge is 0.471 e. The van der Waals surface area contributed by atoms with Crippen molar-refractivity contribution in [1.82, 2.24) is 5.32 Å². The van der Waals surface area contributed by atoms with E-state index >= 15 is 0 Å². The van der Waals surface area contributed by atoms with E-state index in [1.165, 1.54) is 5.32 Å². The van der Waals surface area contributed by atoms with Crippen LogP contribution in [0.5, 0.6) is 0 Å². The van der Waals surface area contributed by atoms with Gasteiger partial charge < -0.3 is 25.7 Å². The van der Waals surface area contributed by atoms with Crippen LogP contribution in [0.2, 0.25) is 0 Å². The Morgan fingerprint density at radius 1 is 1.22 bits per heavy atom. The molecule has 6 nitrogen and oxygen atoms in total. The highest BCUT2D eigenvalue weighted by Crippen LogP contribution is 2.31. The molecule has 1 heterocycles. The maximum absolute atomic E-state index is 12.0. The molecule has 0 radical (unpaired) electrons. The average molecular weight is 291 g/mol. The van der Waals surface area contributed by atoms with Gasteiger partial charge in [0.15, 0.2) is 0 Å². The highest BCUT2D eigenvalue weighted by molar-refractivity contribution is 8.00. The third kappa shape index (κ3) is 3.26. The highest BCUT2D eigenvalue weighted by atomic mass is 32.2. The number of rotatable bonds is 2. The van der Waals surface area contributed by atoms with Gasteiger partial charge in [0.2, 0.25) is 0 Å². The number of aliphatic hydroxyl groups excluding tert-OH is 4. The number of hydrogen-bond acceptors (Lipinski definition) is 6. The first-order chi connectivity index (χ1) is 8.18. The standard InChI is InChI=1S/C8H12F3NO5S/c9-8(10,11)7(17)12-3-5(15)4(14)2(1-13)18-6(3)16/h2-6,13-16H,1H2,(H,12,17)/t2?,3?,4-,5-,6-/m1/s1. The molecule has 10 heteroatoms. The molecule has 0 aliphatic carbocycles. The smallest absolute Gasteiger partial charge is 0.395 e. The minimum atomic E-state index is -5.15. The molecule has 1 rings (SSSR count). The summed E-state index contributed by atoms with van der Waals surface area (Å²) >= 11 is 0.572. The predicted molar refractivity (Wildman–Crippen MR) is 54.5 cm³/mol. The average Bonchev–Trinajstić information content (AvgIpc) is 2.27. The van der Waals surface area contributed by atoms with Crippen molar-refractivity contribution >= 4 is 17.7 Å². The van der Waals surface area contributed by atoms with Crippen molar-refractivity contribution in [3.8, 4) is 0 Å². The summed E-state index contributed by atoms with van der Waals surface area (Å²) in [6.45, 7) is -0.570. The number of halogens is 3. The summed E-state index contributed by atoms with van der Waals surface area (Å²) in [6.07, 6.45) is -8.50. The van der Waals surface area contributed by atoms with Crippen LogP contribution in [-0.4, -0.2) is 68.1 Å². The van der Waals surface area contributed by atoms with Crippen molar-refractivity contribution in [2.45, 2.75) is 35.1 Å². The quantitative estimate of drug-likeness (QED) is 0.410. The fourth-order valence-electron chi connectivity index (χ4n) is 1.49. The molecule has 1 aliphatic rings. The summed E-state index contributed by atoms with van der Waals surface area (Å²) in [5.74, 6) is -2.32. The summed E-state index contributed by atoms with van der Waals surface area (Å²) in [4.78, 5) is 10.7. The molecule has 0 aromatic rings. The van der Waals surface area contributed by atoms with Crippen molar-refractivity contribution < 1.29 is 38.4 Å². The van der Waals surface area contributed by atoms with E-state index < -0.39 is 47.6 Å². The normalized spacial score (nSPS) is 37.4. The van der Waals surface area contributed by atoms with Crippen LogP contribution in [0.1, 0.15) is 0 Å². The molecule has 0 spiro atoms. The van der Waals surface area contributed by atoms with E-state index in [9.17, 15) is 33.3 Å². The van der Waals surface area contributed by atoms with E-state index in [1.807, 2.05) is 0 Å². The van der Waals surface area contributed by atoms with Crippen molar-refractivity contribution in [1.29, 1.82) is 0 Å². The van der Waals surface area contributed by atoms with Crippen molar-refractivity contribution in [2.75, 3.05) is 6.61 Å². The Balaban J connectivity index is 2.74. The Labute approximate surface area is 104 Å². The van der Waals surface area contributed by atoms with Crippen LogP contribution in [0.15, 0.2) is 0 Å². The van der Waals surface area contributed by atoms with Gasteiger partial charge in [-0.3, -0.25) is 4.79 Å². The van der Waals surface area contributed by atoms with Gasteiger partial charge in [0.1, 0.15) is 11.5 Å². The third-order valence-corrected chi connectivity index (χ3v) is 3.80. The van der Waals surface area contributed by atoms with Gasteiger partial charge in [-0.1, -0.05) is 0 Å². The summed E-state index contributed by atoms with van der Waals surface area (Å²) in [5.41, 5.74) is -1.56. The van der Waals surface area contributed by atoms with Gasteiger partial charge in [-0.2, -0.15) is 13.2 Å². The molecular weight excluding hydrogens is 279 g/mol. The monoisotopic (exact) mass is 291 g/mol. The SMILES string of the molecule is O=C(NC1[C@H](O)SC(CO)[C@@H](O)[C@@H]1O)C(F)(F)F. The number of carbonyl (C=O) groups is 1. The van der Waals surface area contributed by atoms with Crippen LogP contribution < -0.4 is 5.32 Å². The van der Waals surface area contributed by atoms with Gasteiger partial charge in [-0.25, -0.2) is 0 Å².